The average Bonchev–Trinajstić information content (AvgIpc) is 2.86. The van der Waals surface area contributed by atoms with Gasteiger partial charge in [0.15, 0.2) is 5.82 Å². The lowest BCUT2D eigenvalue weighted by molar-refractivity contribution is -0.354. The van der Waals surface area contributed by atoms with Crippen molar-refractivity contribution in [1.29, 1.82) is 5.26 Å². The van der Waals surface area contributed by atoms with E-state index in [0.717, 1.165) is 0 Å². The molecule has 0 spiro atoms. The highest BCUT2D eigenvalue weighted by Crippen LogP contribution is 2.56. The van der Waals surface area contributed by atoms with Gasteiger partial charge in [-0.2, -0.15) is 84.3 Å². The van der Waals surface area contributed by atoms with Crippen LogP contribution >= 0.6 is 0 Å². The summed E-state index contributed by atoms with van der Waals surface area (Å²) in [6, 6.07) is -1.02. The first kappa shape index (κ1) is 38.3. The Hall–Kier alpha value is -4.11. The van der Waals surface area contributed by atoms with Gasteiger partial charge in [-0.3, -0.25) is 0 Å². The van der Waals surface area contributed by atoms with Crippen LogP contribution in [0.1, 0.15) is 45.6 Å². The SMILES string of the molecule is N#Cc1c(C(F)(F)F)cc(/C(O)=C2\COC2c2cc(C(F)(C(F)(F)F)C(F)(F)F)nc(C(F)(C(F)(F)F)C(F)(F)F)n2)cc1C(F)(F)F. The number of aliphatic hydroxyl groups is 1. The van der Waals surface area contributed by atoms with Crippen molar-refractivity contribution in [1.82, 2.24) is 9.97 Å². The number of aromatic nitrogens is 2. The van der Waals surface area contributed by atoms with Crippen molar-refractivity contribution in [3.8, 4) is 6.07 Å². The number of nitrogens with zero attached hydrogens (tertiary/aromatic N) is 3. The van der Waals surface area contributed by atoms with E-state index < -0.39 is 118 Å². The predicted octanol–water partition coefficient (Wildman–Crippen LogP) is 9.01. The lowest BCUT2D eigenvalue weighted by atomic mass is 9.91. The van der Waals surface area contributed by atoms with Crippen molar-refractivity contribution < 1.29 is 97.7 Å². The highest BCUT2D eigenvalue weighted by Gasteiger charge is 2.78. The van der Waals surface area contributed by atoms with Crippen LogP contribution in [0.25, 0.3) is 5.76 Å². The molecule has 25 heteroatoms. The molecule has 1 N–H and O–H groups in total. The van der Waals surface area contributed by atoms with Crippen molar-refractivity contribution in [3.05, 3.63) is 63.2 Å². The smallest absolute Gasteiger partial charge is 0.439 e. The molecule has 5 nitrogen and oxygen atoms in total. The largest absolute Gasteiger partial charge is 0.507 e. The maximum absolute atomic E-state index is 14.8. The van der Waals surface area contributed by atoms with Crippen LogP contribution in [0.5, 0.6) is 0 Å². The first-order valence-electron chi connectivity index (χ1n) is 11.6. The molecule has 0 bridgehead atoms. The van der Waals surface area contributed by atoms with Gasteiger partial charge in [-0.1, -0.05) is 0 Å². The van der Waals surface area contributed by atoms with Gasteiger partial charge in [-0.05, 0) is 18.2 Å². The maximum atomic E-state index is 14.8. The zero-order valence-electron chi connectivity index (χ0n) is 21.8. The highest BCUT2D eigenvalue weighted by atomic mass is 19.4. The van der Waals surface area contributed by atoms with Crippen LogP contribution in [0.15, 0.2) is 23.8 Å². The molecule has 48 heavy (non-hydrogen) atoms. The Morgan fingerprint density at radius 2 is 1.08 bits per heavy atom. The number of hydrogen-bond donors (Lipinski definition) is 1. The Balaban J connectivity index is 2.45. The molecule has 2 aromatic rings. The fourth-order valence-electron chi connectivity index (χ4n) is 4.03. The summed E-state index contributed by atoms with van der Waals surface area (Å²) in [6.45, 7) is -1.33. The van der Waals surface area contributed by atoms with Crippen molar-refractivity contribution >= 4 is 5.76 Å². The Labute approximate surface area is 250 Å². The second kappa shape index (κ2) is 11.2. The van der Waals surface area contributed by atoms with Crippen LogP contribution < -0.4 is 0 Å². The number of benzene rings is 1. The summed E-state index contributed by atoms with van der Waals surface area (Å²) in [5.41, 5.74) is -29.4. The van der Waals surface area contributed by atoms with E-state index in [1.54, 1.807) is 4.98 Å². The fraction of sp³-hybridized carbons (Fsp3) is 0.435. The molecule has 1 saturated heterocycles. The normalized spacial score (nSPS) is 18.4. The van der Waals surface area contributed by atoms with Crippen molar-refractivity contribution in [2.75, 3.05) is 6.61 Å². The van der Waals surface area contributed by atoms with Gasteiger partial charge in [0.2, 0.25) is 0 Å². The van der Waals surface area contributed by atoms with Crippen molar-refractivity contribution in [3.63, 3.8) is 0 Å². The van der Waals surface area contributed by atoms with Crippen LogP contribution in [0.2, 0.25) is 0 Å². The van der Waals surface area contributed by atoms with Gasteiger partial charge in [-0.25, -0.2) is 18.7 Å². The lowest BCUT2D eigenvalue weighted by Crippen LogP contribution is -2.54. The molecule has 1 unspecified atom stereocenters. The number of aliphatic hydroxyl groups excluding tert-OH is 1. The highest BCUT2D eigenvalue weighted by molar-refractivity contribution is 5.68. The minimum absolute atomic E-state index is 0.345. The molecule has 2 heterocycles. The molecule has 266 valence electrons. The Morgan fingerprint density at radius 3 is 1.40 bits per heavy atom. The zero-order chi connectivity index (χ0) is 37.4. The monoisotopic (exact) mass is 737 g/mol. The number of halogens is 20. The van der Waals surface area contributed by atoms with E-state index in [9.17, 15) is 92.9 Å². The van der Waals surface area contributed by atoms with Gasteiger partial charge in [0.05, 0.1) is 29.0 Å². The third kappa shape index (κ3) is 6.13. The first-order valence-corrected chi connectivity index (χ1v) is 11.6. The van der Waals surface area contributed by atoms with E-state index in [1.165, 1.54) is 0 Å². The number of hydrogen-bond acceptors (Lipinski definition) is 5. The molecule has 0 saturated carbocycles. The predicted molar refractivity (Wildman–Crippen MR) is 111 cm³/mol. The zero-order valence-corrected chi connectivity index (χ0v) is 21.8. The van der Waals surface area contributed by atoms with Crippen LogP contribution in [0, 0.1) is 11.3 Å². The minimum Gasteiger partial charge on any atom is -0.507 e. The van der Waals surface area contributed by atoms with Gasteiger partial charge in [-0.15, -0.1) is 0 Å². The molecule has 1 fully saturated rings. The van der Waals surface area contributed by atoms with E-state index in [-0.39, 0.29) is 12.1 Å². The molecule has 1 atom stereocenters. The second-order valence-corrected chi connectivity index (χ2v) is 9.43. The van der Waals surface area contributed by atoms with Gasteiger partial charge in [0, 0.05) is 11.1 Å². The molecule has 1 aromatic carbocycles. The quantitative estimate of drug-likeness (QED) is 0.251. The summed E-state index contributed by atoms with van der Waals surface area (Å²) < 4.78 is 276. The number of alkyl halides is 20. The Kier molecular flexibility index (Phi) is 8.96. The average molecular weight is 737 g/mol. The molecule has 3 rings (SSSR count). The third-order valence-electron chi connectivity index (χ3n) is 6.40. The summed E-state index contributed by atoms with van der Waals surface area (Å²) in [6.07, 6.45) is -43.8. The van der Waals surface area contributed by atoms with Crippen LogP contribution in [-0.2, 0) is 28.4 Å². The fourth-order valence-corrected chi connectivity index (χ4v) is 4.03. The maximum Gasteiger partial charge on any atom is 0.439 e. The molecule has 1 aromatic heterocycles. The van der Waals surface area contributed by atoms with E-state index in [1.807, 2.05) is 0 Å². The van der Waals surface area contributed by atoms with Gasteiger partial charge in [0.1, 0.15) is 23.6 Å². The van der Waals surface area contributed by atoms with Crippen LogP contribution in [-0.4, -0.2) is 46.4 Å². The van der Waals surface area contributed by atoms with E-state index >= 15 is 0 Å². The number of rotatable bonds is 4. The summed E-state index contributed by atoms with van der Waals surface area (Å²) in [5, 5.41) is 19.3. The summed E-state index contributed by atoms with van der Waals surface area (Å²) in [5.74, 6) is -5.51. The molecule has 1 aliphatic rings. The van der Waals surface area contributed by atoms with Crippen molar-refractivity contribution in [2.45, 2.75) is 54.5 Å². The number of ether oxygens (including phenoxy) is 1. The molecule has 0 aliphatic carbocycles. The van der Waals surface area contributed by atoms with Crippen molar-refractivity contribution in [2.24, 2.45) is 0 Å². The minimum atomic E-state index is -7.34. The van der Waals surface area contributed by atoms with Crippen LogP contribution in [0.3, 0.4) is 0 Å². The molecule has 0 radical (unpaired) electrons. The van der Waals surface area contributed by atoms with E-state index in [4.69, 9.17) is 5.26 Å². The first-order chi connectivity index (χ1) is 21.2. The van der Waals surface area contributed by atoms with E-state index in [2.05, 4.69) is 9.72 Å². The summed E-state index contributed by atoms with van der Waals surface area (Å²) >= 11 is 0. The third-order valence-corrected chi connectivity index (χ3v) is 6.40. The molecular weight excluding hydrogens is 730 g/mol. The Morgan fingerprint density at radius 1 is 0.667 bits per heavy atom. The van der Waals surface area contributed by atoms with Gasteiger partial charge >= 0.3 is 48.4 Å². The summed E-state index contributed by atoms with van der Waals surface area (Å²) in [4.78, 5) is 3.96. The summed E-state index contributed by atoms with van der Waals surface area (Å²) in [7, 11) is 0. The Bertz CT molecular complexity index is 1530. The topological polar surface area (TPSA) is 79.0 Å². The lowest BCUT2D eigenvalue weighted by Gasteiger charge is -2.35. The van der Waals surface area contributed by atoms with E-state index in [0.29, 0.717) is 6.07 Å². The standard InChI is InChI=1S/C23H7F20N3O2/c24-16(20(32,33)34,21(35,36)37)12-3-11(45-15(46-12)17(25,22(38,39)40)23(41,42)43)14-8(5-48-14)13(47)6-1-9(18(26,27)28)7(4-44)10(2-6)19(29,30)31/h1-3,14,47H,5H2/b13-8-. The molecular formula is C23H7F20N3O2. The molecule has 1 aliphatic heterocycles. The molecule has 0 amide bonds. The second-order valence-electron chi connectivity index (χ2n) is 9.43. The van der Waals surface area contributed by atoms with Gasteiger partial charge < -0.3 is 9.84 Å². The van der Waals surface area contributed by atoms with Crippen LogP contribution in [0.4, 0.5) is 87.8 Å². The number of nitriles is 1. The van der Waals surface area contributed by atoms with Gasteiger partial charge in [0.25, 0.3) is 0 Å².